The van der Waals surface area contributed by atoms with E-state index < -0.39 is 5.91 Å². The summed E-state index contributed by atoms with van der Waals surface area (Å²) in [5.74, 6) is -0.502. The van der Waals surface area contributed by atoms with E-state index in [1.165, 1.54) is 0 Å². The van der Waals surface area contributed by atoms with Crippen LogP contribution in [0.15, 0.2) is 48.0 Å². The van der Waals surface area contributed by atoms with Crippen LogP contribution in [0, 0.1) is 18.3 Å². The van der Waals surface area contributed by atoms with Gasteiger partial charge >= 0.3 is 0 Å². The molecule has 0 unspecified atom stereocenters. The van der Waals surface area contributed by atoms with Crippen LogP contribution in [0.25, 0.3) is 17.0 Å². The van der Waals surface area contributed by atoms with Gasteiger partial charge in [0.1, 0.15) is 11.6 Å². The zero-order valence-electron chi connectivity index (χ0n) is 14.2. The van der Waals surface area contributed by atoms with E-state index in [9.17, 15) is 10.1 Å². The fourth-order valence-electron chi connectivity index (χ4n) is 2.80. The van der Waals surface area contributed by atoms with Gasteiger partial charge in [0.05, 0.1) is 10.0 Å². The van der Waals surface area contributed by atoms with Gasteiger partial charge in [-0.1, -0.05) is 41.4 Å². The summed E-state index contributed by atoms with van der Waals surface area (Å²) in [5.41, 5.74) is 3.35. The van der Waals surface area contributed by atoms with E-state index in [1.807, 2.05) is 48.9 Å². The van der Waals surface area contributed by atoms with Gasteiger partial charge < -0.3 is 9.88 Å². The number of halogens is 2. The molecule has 3 rings (SSSR count). The Balaban J connectivity index is 1.99. The number of nitrogens with one attached hydrogen (secondary N) is 1. The lowest BCUT2D eigenvalue weighted by molar-refractivity contribution is -0.112. The van der Waals surface area contributed by atoms with Gasteiger partial charge in [-0.05, 0) is 37.3 Å². The minimum atomic E-state index is -0.502. The second kappa shape index (κ2) is 7.25. The van der Waals surface area contributed by atoms with Gasteiger partial charge in [0.2, 0.25) is 0 Å². The zero-order valence-corrected chi connectivity index (χ0v) is 15.7. The van der Waals surface area contributed by atoms with Gasteiger partial charge in [-0.15, -0.1) is 0 Å². The van der Waals surface area contributed by atoms with E-state index in [0.29, 0.717) is 15.7 Å². The number of nitriles is 1. The van der Waals surface area contributed by atoms with E-state index in [0.717, 1.165) is 22.2 Å². The number of hydrogen-bond acceptors (Lipinski definition) is 2. The molecular formula is C20H15Cl2N3O. The molecule has 0 spiro atoms. The third-order valence-electron chi connectivity index (χ3n) is 4.28. The molecule has 4 nitrogen and oxygen atoms in total. The van der Waals surface area contributed by atoms with E-state index in [4.69, 9.17) is 23.2 Å². The highest BCUT2D eigenvalue weighted by Crippen LogP contribution is 2.28. The molecule has 3 aromatic rings. The molecule has 1 aromatic heterocycles. The van der Waals surface area contributed by atoms with Crippen molar-refractivity contribution in [1.82, 2.24) is 4.57 Å². The maximum atomic E-state index is 12.5. The molecule has 0 fully saturated rings. The van der Waals surface area contributed by atoms with Crippen LogP contribution in [0.4, 0.5) is 5.69 Å². The van der Waals surface area contributed by atoms with Crippen molar-refractivity contribution in [2.45, 2.75) is 6.92 Å². The van der Waals surface area contributed by atoms with E-state index in [1.54, 1.807) is 24.3 Å². The predicted octanol–water partition coefficient (Wildman–Crippen LogP) is 5.34. The first kappa shape index (κ1) is 18.1. The molecule has 0 atom stereocenters. The van der Waals surface area contributed by atoms with Crippen molar-refractivity contribution in [1.29, 1.82) is 5.26 Å². The second-order valence-corrected chi connectivity index (χ2v) is 6.64. The van der Waals surface area contributed by atoms with E-state index >= 15 is 0 Å². The Bertz CT molecular complexity index is 1090. The molecule has 1 N–H and O–H groups in total. The predicted molar refractivity (Wildman–Crippen MR) is 106 cm³/mol. The molecule has 0 aliphatic heterocycles. The Hall–Kier alpha value is -2.74. The number of carbonyl (C=O) groups excluding carboxylic acids is 1. The third-order valence-corrected chi connectivity index (χ3v) is 5.02. The van der Waals surface area contributed by atoms with Gasteiger partial charge in [-0.2, -0.15) is 5.26 Å². The summed E-state index contributed by atoms with van der Waals surface area (Å²) in [6, 6.07) is 14.6. The zero-order chi connectivity index (χ0) is 18.8. The number of carbonyl (C=O) groups is 1. The summed E-state index contributed by atoms with van der Waals surface area (Å²) >= 11 is 11.8. The summed E-state index contributed by atoms with van der Waals surface area (Å²) in [7, 11) is 1.96. The SMILES string of the molecule is Cc1c(/C=C(\C#N)C(=O)Nc2ccc(Cl)c(Cl)c2)c2ccccc2n1C. The molecule has 26 heavy (non-hydrogen) atoms. The Morgan fingerprint density at radius 1 is 1.19 bits per heavy atom. The van der Waals surface area contributed by atoms with Crippen LogP contribution in [0.3, 0.4) is 0 Å². The van der Waals surface area contributed by atoms with Crippen molar-refractivity contribution in [3.8, 4) is 6.07 Å². The molecule has 6 heteroatoms. The number of para-hydroxylation sites is 1. The molecule has 2 aromatic carbocycles. The Labute approximate surface area is 161 Å². The quantitative estimate of drug-likeness (QED) is 0.490. The van der Waals surface area contributed by atoms with Crippen molar-refractivity contribution < 1.29 is 4.79 Å². The summed E-state index contributed by atoms with van der Waals surface area (Å²) < 4.78 is 2.03. The molecule has 0 saturated carbocycles. The molecular weight excluding hydrogens is 369 g/mol. The van der Waals surface area contributed by atoms with Gasteiger partial charge in [0.25, 0.3) is 5.91 Å². The average Bonchev–Trinajstić information content (AvgIpc) is 2.87. The van der Waals surface area contributed by atoms with Crippen molar-refractivity contribution in [3.05, 3.63) is 69.3 Å². The van der Waals surface area contributed by atoms with Gasteiger partial charge in [-0.3, -0.25) is 4.79 Å². The monoisotopic (exact) mass is 383 g/mol. The molecule has 130 valence electrons. The minimum absolute atomic E-state index is 0.00975. The number of aryl methyl sites for hydroxylation is 1. The van der Waals surface area contributed by atoms with Crippen LogP contribution < -0.4 is 5.32 Å². The third kappa shape index (κ3) is 3.32. The van der Waals surface area contributed by atoms with Crippen LogP contribution in [-0.4, -0.2) is 10.5 Å². The molecule has 0 saturated heterocycles. The number of nitrogens with zero attached hydrogens (tertiary/aromatic N) is 2. The topological polar surface area (TPSA) is 57.8 Å². The van der Waals surface area contributed by atoms with Crippen molar-refractivity contribution in [2.24, 2.45) is 7.05 Å². The van der Waals surface area contributed by atoms with Crippen LogP contribution in [0.5, 0.6) is 0 Å². The number of fused-ring (bicyclic) bond motifs is 1. The molecule has 0 radical (unpaired) electrons. The lowest BCUT2D eigenvalue weighted by atomic mass is 10.1. The van der Waals surface area contributed by atoms with Crippen LogP contribution in [0.1, 0.15) is 11.3 Å². The second-order valence-electron chi connectivity index (χ2n) is 5.83. The fourth-order valence-corrected chi connectivity index (χ4v) is 3.10. The van der Waals surface area contributed by atoms with Crippen LogP contribution in [0.2, 0.25) is 10.0 Å². The summed E-state index contributed by atoms with van der Waals surface area (Å²) in [6.07, 6.45) is 1.62. The number of amides is 1. The highest BCUT2D eigenvalue weighted by molar-refractivity contribution is 6.42. The Morgan fingerprint density at radius 2 is 1.92 bits per heavy atom. The first-order valence-corrected chi connectivity index (χ1v) is 8.60. The van der Waals surface area contributed by atoms with E-state index in [2.05, 4.69) is 5.32 Å². The first-order chi connectivity index (χ1) is 12.4. The molecule has 0 aliphatic rings. The highest BCUT2D eigenvalue weighted by Gasteiger charge is 2.15. The normalized spacial score (nSPS) is 11.4. The minimum Gasteiger partial charge on any atom is -0.347 e. The summed E-state index contributed by atoms with van der Waals surface area (Å²) in [6.45, 7) is 1.96. The number of aromatic nitrogens is 1. The van der Waals surface area contributed by atoms with Crippen molar-refractivity contribution in [3.63, 3.8) is 0 Å². The largest absolute Gasteiger partial charge is 0.347 e. The summed E-state index contributed by atoms with van der Waals surface area (Å²) in [5, 5.41) is 13.9. The van der Waals surface area contributed by atoms with Crippen LogP contribution >= 0.6 is 23.2 Å². The average molecular weight is 384 g/mol. The smallest absolute Gasteiger partial charge is 0.266 e. The summed E-state index contributed by atoms with van der Waals surface area (Å²) in [4.78, 5) is 12.5. The van der Waals surface area contributed by atoms with Crippen molar-refractivity contribution >= 4 is 51.8 Å². The van der Waals surface area contributed by atoms with Gasteiger partial charge in [0, 0.05) is 34.9 Å². The van der Waals surface area contributed by atoms with Gasteiger partial charge in [0.15, 0.2) is 0 Å². The standard InChI is InChI=1S/C20H15Cl2N3O/c1-12-16(15-5-3-4-6-19(15)25(12)2)9-13(11-23)20(26)24-14-7-8-17(21)18(22)10-14/h3-10H,1-2H3,(H,24,26)/b13-9+. The molecule has 1 heterocycles. The first-order valence-electron chi connectivity index (χ1n) is 7.84. The van der Waals surface area contributed by atoms with Crippen molar-refractivity contribution in [2.75, 3.05) is 5.32 Å². The maximum Gasteiger partial charge on any atom is 0.266 e. The van der Waals surface area contributed by atoms with Gasteiger partial charge in [-0.25, -0.2) is 0 Å². The van der Waals surface area contributed by atoms with E-state index in [-0.39, 0.29) is 5.57 Å². The maximum absolute atomic E-state index is 12.5. The number of anilines is 1. The number of benzene rings is 2. The fraction of sp³-hybridized carbons (Fsp3) is 0.100. The molecule has 0 bridgehead atoms. The lowest BCUT2D eigenvalue weighted by Crippen LogP contribution is -2.13. The molecule has 1 amide bonds. The number of rotatable bonds is 3. The Kier molecular flexibility index (Phi) is 5.03. The Morgan fingerprint density at radius 3 is 2.62 bits per heavy atom. The highest BCUT2D eigenvalue weighted by atomic mass is 35.5. The molecule has 0 aliphatic carbocycles. The van der Waals surface area contributed by atoms with Crippen LogP contribution in [-0.2, 0) is 11.8 Å². The lowest BCUT2D eigenvalue weighted by Gasteiger charge is -2.06. The number of hydrogen-bond donors (Lipinski definition) is 1.